The number of carbonyl (C=O) groups excluding carboxylic acids is 2. The summed E-state index contributed by atoms with van der Waals surface area (Å²) in [6.07, 6.45) is 1.51. The summed E-state index contributed by atoms with van der Waals surface area (Å²) < 4.78 is 0. The average molecular weight is 198 g/mol. The van der Waals surface area contributed by atoms with E-state index in [0.29, 0.717) is 19.6 Å². The first-order valence-electron chi connectivity index (χ1n) is 4.81. The molecular weight excluding hydrogens is 180 g/mol. The molecule has 2 amide bonds. The van der Waals surface area contributed by atoms with Crippen molar-refractivity contribution in [2.45, 2.75) is 20.3 Å². The van der Waals surface area contributed by atoms with Gasteiger partial charge in [-0.3, -0.25) is 9.59 Å². The maximum Gasteiger partial charge on any atom is 0.231 e. The van der Waals surface area contributed by atoms with Crippen molar-refractivity contribution in [3.8, 4) is 0 Å². The van der Waals surface area contributed by atoms with E-state index in [0.717, 1.165) is 0 Å². The maximum atomic E-state index is 11.4. The van der Waals surface area contributed by atoms with E-state index in [1.807, 2.05) is 13.8 Å². The van der Waals surface area contributed by atoms with Crippen LogP contribution in [-0.4, -0.2) is 36.3 Å². The second-order valence-electron chi connectivity index (χ2n) is 2.84. The van der Waals surface area contributed by atoms with E-state index in [1.54, 1.807) is 11.0 Å². The number of nitrogens with zero attached hydrogens (tertiary/aromatic N) is 1. The zero-order valence-electron chi connectivity index (χ0n) is 8.88. The van der Waals surface area contributed by atoms with Gasteiger partial charge in [-0.05, 0) is 13.8 Å². The van der Waals surface area contributed by atoms with Crippen molar-refractivity contribution in [2.24, 2.45) is 0 Å². The van der Waals surface area contributed by atoms with Crippen LogP contribution in [0.25, 0.3) is 0 Å². The Labute approximate surface area is 85.0 Å². The zero-order chi connectivity index (χ0) is 11.0. The molecule has 0 unspecified atom stereocenters. The molecule has 0 atom stereocenters. The van der Waals surface area contributed by atoms with Crippen molar-refractivity contribution < 1.29 is 9.59 Å². The highest BCUT2D eigenvalue weighted by molar-refractivity contribution is 5.96. The van der Waals surface area contributed by atoms with Gasteiger partial charge in [-0.15, -0.1) is 6.58 Å². The van der Waals surface area contributed by atoms with Crippen molar-refractivity contribution in [1.82, 2.24) is 10.2 Å². The van der Waals surface area contributed by atoms with E-state index in [9.17, 15) is 9.59 Å². The Morgan fingerprint density at radius 1 is 1.36 bits per heavy atom. The highest BCUT2D eigenvalue weighted by Crippen LogP contribution is 1.93. The topological polar surface area (TPSA) is 49.4 Å². The molecule has 1 N–H and O–H groups in total. The largest absolute Gasteiger partial charge is 0.352 e. The molecule has 4 nitrogen and oxygen atoms in total. The van der Waals surface area contributed by atoms with Gasteiger partial charge in [-0.1, -0.05) is 6.08 Å². The fourth-order valence-corrected chi connectivity index (χ4v) is 1.07. The smallest absolute Gasteiger partial charge is 0.231 e. The Bertz CT molecular complexity index is 210. The maximum absolute atomic E-state index is 11.4. The second kappa shape index (κ2) is 7.12. The van der Waals surface area contributed by atoms with Crippen molar-refractivity contribution in [1.29, 1.82) is 0 Å². The highest BCUT2D eigenvalue weighted by Gasteiger charge is 2.13. The third-order valence-electron chi connectivity index (χ3n) is 1.87. The summed E-state index contributed by atoms with van der Waals surface area (Å²) in [7, 11) is 0. The number of amides is 2. The van der Waals surface area contributed by atoms with E-state index < -0.39 is 0 Å². The molecule has 0 bridgehead atoms. The van der Waals surface area contributed by atoms with Crippen LogP contribution in [0.15, 0.2) is 12.7 Å². The Balaban J connectivity index is 3.91. The van der Waals surface area contributed by atoms with Gasteiger partial charge in [0.05, 0.1) is 0 Å². The molecule has 80 valence electrons. The van der Waals surface area contributed by atoms with Gasteiger partial charge in [-0.2, -0.15) is 0 Å². The second-order valence-corrected chi connectivity index (χ2v) is 2.84. The van der Waals surface area contributed by atoms with Gasteiger partial charge < -0.3 is 10.2 Å². The van der Waals surface area contributed by atoms with Crippen LogP contribution in [0.3, 0.4) is 0 Å². The van der Waals surface area contributed by atoms with Crippen LogP contribution >= 0.6 is 0 Å². The van der Waals surface area contributed by atoms with Crippen molar-refractivity contribution in [3.05, 3.63) is 12.7 Å². The molecule has 0 radical (unpaired) electrons. The van der Waals surface area contributed by atoms with E-state index in [4.69, 9.17) is 0 Å². The van der Waals surface area contributed by atoms with Gasteiger partial charge in [-0.25, -0.2) is 0 Å². The molecule has 4 heteroatoms. The lowest BCUT2D eigenvalue weighted by Gasteiger charge is -2.17. The highest BCUT2D eigenvalue weighted by atomic mass is 16.2. The van der Waals surface area contributed by atoms with E-state index in [1.165, 1.54) is 0 Å². The minimum absolute atomic E-state index is 0.0739. The third kappa shape index (κ3) is 4.64. The Kier molecular flexibility index (Phi) is 6.45. The Morgan fingerprint density at radius 3 is 2.36 bits per heavy atom. The fraction of sp³-hybridized carbons (Fsp3) is 0.600. The first kappa shape index (κ1) is 12.7. The summed E-state index contributed by atoms with van der Waals surface area (Å²) in [6, 6.07) is 0. The first-order valence-corrected chi connectivity index (χ1v) is 4.81. The summed E-state index contributed by atoms with van der Waals surface area (Å²) in [5, 5.41) is 2.56. The molecule has 0 saturated heterocycles. The average Bonchev–Trinajstić information content (AvgIpc) is 2.16. The molecule has 0 aromatic carbocycles. The first-order chi connectivity index (χ1) is 6.65. The number of carbonyl (C=O) groups is 2. The lowest BCUT2D eigenvalue weighted by molar-refractivity contribution is -0.135. The van der Waals surface area contributed by atoms with Crippen molar-refractivity contribution >= 4 is 11.8 Å². The van der Waals surface area contributed by atoms with Gasteiger partial charge >= 0.3 is 0 Å². The summed E-state index contributed by atoms with van der Waals surface area (Å²) in [5.74, 6) is -0.377. The van der Waals surface area contributed by atoms with Gasteiger partial charge in [0, 0.05) is 19.6 Å². The number of nitrogens with one attached hydrogen (secondary N) is 1. The molecule has 0 aliphatic heterocycles. The van der Waals surface area contributed by atoms with Crippen LogP contribution in [0.4, 0.5) is 0 Å². The predicted molar refractivity (Wildman–Crippen MR) is 55.8 cm³/mol. The van der Waals surface area contributed by atoms with Crippen LogP contribution in [0, 0.1) is 0 Å². The summed E-state index contributed by atoms with van der Waals surface area (Å²) in [4.78, 5) is 24.2. The molecule has 14 heavy (non-hydrogen) atoms. The lowest BCUT2D eigenvalue weighted by Crippen LogP contribution is -2.35. The van der Waals surface area contributed by atoms with E-state index in [-0.39, 0.29) is 18.2 Å². The molecule has 0 heterocycles. The summed E-state index contributed by atoms with van der Waals surface area (Å²) in [6.45, 7) is 8.95. The standard InChI is InChI=1S/C10H18N2O2/c1-4-7-11-9(13)8-10(14)12(5-2)6-3/h4H,1,5-8H2,2-3H3,(H,11,13). The molecule has 0 saturated carbocycles. The van der Waals surface area contributed by atoms with Gasteiger partial charge in [0.15, 0.2) is 0 Å². The quantitative estimate of drug-likeness (QED) is 0.500. The molecular formula is C10H18N2O2. The molecule has 0 aromatic rings. The minimum atomic E-state index is -0.248. The number of hydrogen-bond acceptors (Lipinski definition) is 2. The number of hydrogen-bond donors (Lipinski definition) is 1. The summed E-state index contributed by atoms with van der Waals surface area (Å²) >= 11 is 0. The van der Waals surface area contributed by atoms with E-state index >= 15 is 0 Å². The monoisotopic (exact) mass is 198 g/mol. The Morgan fingerprint density at radius 2 is 1.93 bits per heavy atom. The van der Waals surface area contributed by atoms with Crippen LogP contribution in [0.2, 0.25) is 0 Å². The fourth-order valence-electron chi connectivity index (χ4n) is 1.07. The van der Waals surface area contributed by atoms with Crippen LogP contribution < -0.4 is 5.32 Å². The predicted octanol–water partition coefficient (Wildman–Crippen LogP) is 0.547. The van der Waals surface area contributed by atoms with Gasteiger partial charge in [0.25, 0.3) is 0 Å². The van der Waals surface area contributed by atoms with Crippen LogP contribution in [0.5, 0.6) is 0 Å². The normalized spacial score (nSPS) is 9.29. The minimum Gasteiger partial charge on any atom is -0.352 e. The molecule has 0 aromatic heterocycles. The zero-order valence-corrected chi connectivity index (χ0v) is 8.88. The molecule has 0 aliphatic carbocycles. The summed E-state index contributed by atoms with van der Waals surface area (Å²) in [5.41, 5.74) is 0. The van der Waals surface area contributed by atoms with Crippen molar-refractivity contribution in [3.63, 3.8) is 0 Å². The van der Waals surface area contributed by atoms with E-state index in [2.05, 4.69) is 11.9 Å². The Hall–Kier alpha value is -1.32. The number of rotatable bonds is 6. The van der Waals surface area contributed by atoms with Gasteiger partial charge in [0.1, 0.15) is 6.42 Å². The molecule has 0 spiro atoms. The molecule has 0 aliphatic rings. The SMILES string of the molecule is C=CCNC(=O)CC(=O)N(CC)CC. The van der Waals surface area contributed by atoms with Crippen LogP contribution in [-0.2, 0) is 9.59 Å². The lowest BCUT2D eigenvalue weighted by atomic mass is 10.3. The van der Waals surface area contributed by atoms with Gasteiger partial charge in [0.2, 0.25) is 11.8 Å². The van der Waals surface area contributed by atoms with Crippen molar-refractivity contribution in [2.75, 3.05) is 19.6 Å². The third-order valence-corrected chi connectivity index (χ3v) is 1.87. The molecule has 0 fully saturated rings. The van der Waals surface area contributed by atoms with Crippen LogP contribution in [0.1, 0.15) is 20.3 Å². The molecule has 0 rings (SSSR count).